The minimum Gasteiger partial charge on any atom is -0.480 e. The maximum atomic E-state index is 14.7. The minimum atomic E-state index is -3.65. The Labute approximate surface area is 247 Å². The van der Waals surface area contributed by atoms with Crippen LogP contribution in [0.25, 0.3) is 0 Å². The normalized spacial score (nSPS) is 14.7. The SMILES string of the molecule is NC(Cc1ccccc1)P(=O)(CC(Cc1ccccc1)C(=O)N[C@@H](Cc1ccccc1)C(=O)O)OCc1ccccc1. The van der Waals surface area contributed by atoms with Gasteiger partial charge in [0.15, 0.2) is 0 Å². The van der Waals surface area contributed by atoms with Crippen molar-refractivity contribution < 1.29 is 23.8 Å². The second kappa shape index (κ2) is 15.3. The minimum absolute atomic E-state index is 0.0754. The molecule has 4 aromatic rings. The van der Waals surface area contributed by atoms with Gasteiger partial charge in [0.2, 0.25) is 13.3 Å². The van der Waals surface area contributed by atoms with Crippen LogP contribution in [-0.4, -0.2) is 35.0 Å². The number of aliphatic carboxylic acids is 1. The molecule has 0 aromatic heterocycles. The third kappa shape index (κ3) is 9.25. The van der Waals surface area contributed by atoms with Crippen molar-refractivity contribution in [3.8, 4) is 0 Å². The van der Waals surface area contributed by atoms with Crippen molar-refractivity contribution in [1.82, 2.24) is 5.32 Å². The second-order valence-electron chi connectivity index (χ2n) is 10.4. The van der Waals surface area contributed by atoms with Gasteiger partial charge >= 0.3 is 5.97 Å². The number of nitrogens with one attached hydrogen (secondary N) is 1. The van der Waals surface area contributed by atoms with Gasteiger partial charge in [-0.2, -0.15) is 0 Å². The summed E-state index contributed by atoms with van der Waals surface area (Å²) in [6.07, 6.45) is 0.543. The molecule has 0 spiro atoms. The van der Waals surface area contributed by atoms with Crippen molar-refractivity contribution in [3.63, 3.8) is 0 Å². The fraction of sp³-hybridized carbons (Fsp3) is 0.235. The predicted octanol–water partition coefficient (Wildman–Crippen LogP) is 5.68. The maximum absolute atomic E-state index is 14.7. The van der Waals surface area contributed by atoms with Crippen molar-refractivity contribution in [2.45, 2.75) is 37.7 Å². The lowest BCUT2D eigenvalue weighted by Crippen LogP contribution is -2.46. The zero-order valence-corrected chi connectivity index (χ0v) is 24.3. The van der Waals surface area contributed by atoms with Crippen molar-refractivity contribution in [2.24, 2.45) is 11.7 Å². The molecule has 1 amide bonds. The third-order valence-corrected chi connectivity index (χ3v) is 9.86. The standard InChI is InChI=1S/C34H37N2O5P/c35-32(23-28-17-9-3-10-18-28)42(40,41-24-29-19-11-4-12-20-29)25-30(21-26-13-5-1-6-14-26)33(37)36-31(34(38)39)22-27-15-7-2-8-16-27/h1-20,30-32H,21-25,35H2,(H,36,37)(H,38,39)/t30?,31-,32?,42?/m0/s1. The Morgan fingerprint density at radius 1 is 0.690 bits per heavy atom. The van der Waals surface area contributed by atoms with Crippen LogP contribution in [0.15, 0.2) is 121 Å². The van der Waals surface area contributed by atoms with Crippen LogP contribution in [0.5, 0.6) is 0 Å². The van der Waals surface area contributed by atoms with Crippen LogP contribution in [0, 0.1) is 5.92 Å². The van der Waals surface area contributed by atoms with Crippen molar-refractivity contribution in [3.05, 3.63) is 144 Å². The Morgan fingerprint density at radius 3 is 1.60 bits per heavy atom. The van der Waals surface area contributed by atoms with Crippen LogP contribution in [-0.2, 0) is 44.5 Å². The molecule has 218 valence electrons. The quantitative estimate of drug-likeness (QED) is 0.155. The van der Waals surface area contributed by atoms with Crippen molar-refractivity contribution in [2.75, 3.05) is 6.16 Å². The number of carboxylic acids is 1. The topological polar surface area (TPSA) is 119 Å². The van der Waals surface area contributed by atoms with E-state index in [-0.39, 0.29) is 25.6 Å². The van der Waals surface area contributed by atoms with E-state index in [0.717, 1.165) is 22.3 Å². The molecule has 0 fully saturated rings. The Morgan fingerprint density at radius 2 is 1.12 bits per heavy atom. The first-order valence-electron chi connectivity index (χ1n) is 14.0. The van der Waals surface area contributed by atoms with Crippen LogP contribution < -0.4 is 11.1 Å². The third-order valence-electron chi connectivity index (χ3n) is 7.15. The maximum Gasteiger partial charge on any atom is 0.326 e. The highest BCUT2D eigenvalue weighted by molar-refractivity contribution is 7.59. The van der Waals surface area contributed by atoms with Crippen LogP contribution in [0.3, 0.4) is 0 Å². The van der Waals surface area contributed by atoms with E-state index in [0.29, 0.717) is 6.42 Å². The number of benzene rings is 4. The number of carbonyl (C=O) groups is 2. The first-order valence-corrected chi connectivity index (χ1v) is 15.9. The lowest BCUT2D eigenvalue weighted by Gasteiger charge is -2.29. The first kappa shape index (κ1) is 30.9. The molecule has 0 saturated heterocycles. The molecule has 3 unspecified atom stereocenters. The van der Waals surface area contributed by atoms with Crippen molar-refractivity contribution in [1.29, 1.82) is 0 Å². The summed E-state index contributed by atoms with van der Waals surface area (Å²) < 4.78 is 20.8. The van der Waals surface area contributed by atoms with Gasteiger partial charge in [-0.3, -0.25) is 9.36 Å². The summed E-state index contributed by atoms with van der Waals surface area (Å²) in [5.41, 5.74) is 10.0. The fourth-order valence-electron chi connectivity index (χ4n) is 4.82. The number of hydrogen-bond acceptors (Lipinski definition) is 5. The number of amides is 1. The molecule has 8 heteroatoms. The molecule has 0 aliphatic carbocycles. The highest BCUT2D eigenvalue weighted by Crippen LogP contribution is 2.53. The molecule has 4 atom stereocenters. The average Bonchev–Trinajstić information content (AvgIpc) is 3.01. The van der Waals surface area contributed by atoms with Crippen LogP contribution in [0.2, 0.25) is 0 Å². The van der Waals surface area contributed by atoms with E-state index >= 15 is 0 Å². The summed E-state index contributed by atoms with van der Waals surface area (Å²) in [4.78, 5) is 26.0. The number of carboxylic acid groups (broad SMARTS) is 1. The van der Waals surface area contributed by atoms with E-state index in [4.69, 9.17) is 10.3 Å². The summed E-state index contributed by atoms with van der Waals surface area (Å²) in [7, 11) is -3.65. The summed E-state index contributed by atoms with van der Waals surface area (Å²) in [6.45, 7) is 0.0754. The zero-order chi connectivity index (χ0) is 29.8. The first-order chi connectivity index (χ1) is 20.3. The largest absolute Gasteiger partial charge is 0.480 e. The molecule has 4 aromatic carbocycles. The molecule has 7 nitrogen and oxygen atoms in total. The molecule has 4 N–H and O–H groups in total. The van der Waals surface area contributed by atoms with E-state index in [1.54, 1.807) is 0 Å². The molecule has 0 aliphatic rings. The summed E-state index contributed by atoms with van der Waals surface area (Å²) in [5, 5.41) is 12.7. The van der Waals surface area contributed by atoms with Gasteiger partial charge in [0.1, 0.15) is 6.04 Å². The summed E-state index contributed by atoms with van der Waals surface area (Å²) in [5.74, 6) is -3.35. The number of hydrogen-bond donors (Lipinski definition) is 3. The molecule has 0 heterocycles. The Balaban J connectivity index is 1.61. The van der Waals surface area contributed by atoms with Gasteiger partial charge in [0, 0.05) is 12.6 Å². The smallest absolute Gasteiger partial charge is 0.326 e. The Kier molecular flexibility index (Phi) is 11.2. The van der Waals surface area contributed by atoms with E-state index in [1.807, 2.05) is 121 Å². The van der Waals surface area contributed by atoms with Crippen LogP contribution >= 0.6 is 7.37 Å². The molecular weight excluding hydrogens is 547 g/mol. The Bertz CT molecular complexity index is 1450. The highest BCUT2D eigenvalue weighted by atomic mass is 31.2. The van der Waals surface area contributed by atoms with E-state index < -0.39 is 37.0 Å². The van der Waals surface area contributed by atoms with Crippen LogP contribution in [0.1, 0.15) is 22.3 Å². The van der Waals surface area contributed by atoms with Gasteiger partial charge in [-0.1, -0.05) is 121 Å². The lowest BCUT2D eigenvalue weighted by molar-refractivity contribution is -0.142. The fourth-order valence-corrected chi connectivity index (χ4v) is 7.16. The van der Waals surface area contributed by atoms with Crippen molar-refractivity contribution >= 4 is 19.2 Å². The molecule has 42 heavy (non-hydrogen) atoms. The van der Waals surface area contributed by atoms with Gasteiger partial charge in [-0.05, 0) is 35.1 Å². The van der Waals surface area contributed by atoms with E-state index in [1.165, 1.54) is 0 Å². The molecule has 0 aliphatic heterocycles. The van der Waals surface area contributed by atoms with Gasteiger partial charge in [-0.25, -0.2) is 4.79 Å². The number of nitrogens with two attached hydrogens (primary N) is 1. The summed E-state index contributed by atoms with van der Waals surface area (Å²) >= 11 is 0. The Hall–Kier alpha value is -4.03. The molecule has 4 rings (SSSR count). The molecule has 0 radical (unpaired) electrons. The molecule has 0 bridgehead atoms. The number of carbonyl (C=O) groups excluding carboxylic acids is 1. The monoisotopic (exact) mass is 584 g/mol. The number of rotatable bonds is 15. The van der Waals surface area contributed by atoms with Gasteiger partial charge in [0.05, 0.1) is 18.3 Å². The summed E-state index contributed by atoms with van der Waals surface area (Å²) in [6, 6.07) is 36.3. The average molecular weight is 585 g/mol. The second-order valence-corrected chi connectivity index (χ2v) is 13.1. The van der Waals surface area contributed by atoms with Gasteiger partial charge in [0.25, 0.3) is 0 Å². The van der Waals surface area contributed by atoms with E-state index in [2.05, 4.69) is 5.32 Å². The highest BCUT2D eigenvalue weighted by Gasteiger charge is 2.38. The van der Waals surface area contributed by atoms with E-state index in [9.17, 15) is 19.3 Å². The molecule has 0 saturated carbocycles. The predicted molar refractivity (Wildman–Crippen MR) is 165 cm³/mol. The molecular formula is C34H37N2O5P. The zero-order valence-electron chi connectivity index (χ0n) is 23.4. The van der Waals surface area contributed by atoms with Crippen LogP contribution in [0.4, 0.5) is 0 Å². The van der Waals surface area contributed by atoms with Gasteiger partial charge < -0.3 is 20.7 Å². The van der Waals surface area contributed by atoms with Gasteiger partial charge in [-0.15, -0.1) is 0 Å². The lowest BCUT2D eigenvalue weighted by atomic mass is 9.99.